The van der Waals surface area contributed by atoms with Crippen molar-refractivity contribution in [3.05, 3.63) is 57.9 Å². The van der Waals surface area contributed by atoms with Crippen LogP contribution in [0.3, 0.4) is 0 Å². The van der Waals surface area contributed by atoms with E-state index in [9.17, 15) is 4.79 Å². The lowest BCUT2D eigenvalue weighted by molar-refractivity contribution is 0.0996. The van der Waals surface area contributed by atoms with Crippen molar-refractivity contribution in [1.82, 2.24) is 4.57 Å². The van der Waals surface area contributed by atoms with E-state index in [0.717, 1.165) is 15.9 Å². The third kappa shape index (κ3) is 4.34. The van der Waals surface area contributed by atoms with E-state index in [-0.39, 0.29) is 5.91 Å². The molecule has 0 radical (unpaired) electrons. The number of nitrogens with zero attached hydrogens (tertiary/aromatic N) is 3. The number of hydrogen-bond acceptors (Lipinski definition) is 4. The largest absolute Gasteiger partial charge is 0.380 e. The van der Waals surface area contributed by atoms with Crippen LogP contribution in [0.5, 0.6) is 0 Å². The fourth-order valence-corrected chi connectivity index (χ4v) is 4.47. The van der Waals surface area contributed by atoms with Crippen LogP contribution < -0.4 is 9.70 Å². The highest BCUT2D eigenvalue weighted by Crippen LogP contribution is 2.23. The minimum Gasteiger partial charge on any atom is -0.380 e. The van der Waals surface area contributed by atoms with E-state index < -0.39 is 0 Å². The number of carbonyl (C=O) groups is 1. The molecule has 0 aliphatic heterocycles. The van der Waals surface area contributed by atoms with E-state index in [0.29, 0.717) is 30.1 Å². The third-order valence-electron chi connectivity index (χ3n) is 4.60. The summed E-state index contributed by atoms with van der Waals surface area (Å²) in [7, 11) is 3.95. The summed E-state index contributed by atoms with van der Waals surface area (Å²) in [5.74, 6) is -0.226. The van der Waals surface area contributed by atoms with Gasteiger partial charge in [-0.15, -0.1) is 0 Å². The second-order valence-electron chi connectivity index (χ2n) is 7.02. The lowest BCUT2D eigenvalue weighted by atomic mass is 10.1. The molecule has 3 rings (SSSR count). The quantitative estimate of drug-likeness (QED) is 0.587. The summed E-state index contributed by atoms with van der Waals surface area (Å²) in [6, 6.07) is 11.8. The van der Waals surface area contributed by atoms with Gasteiger partial charge in [0.15, 0.2) is 4.80 Å². The fourth-order valence-electron chi connectivity index (χ4n) is 3.24. The van der Waals surface area contributed by atoms with Crippen molar-refractivity contribution >= 4 is 33.1 Å². The number of amides is 1. The summed E-state index contributed by atoms with van der Waals surface area (Å²) in [5, 5.41) is 0. The fraction of sp³-hybridized carbons (Fsp3) is 0.364. The summed E-state index contributed by atoms with van der Waals surface area (Å²) < 4.78 is 8.80. The first kappa shape index (κ1) is 20.3. The van der Waals surface area contributed by atoms with Crippen LogP contribution in [0.4, 0.5) is 5.69 Å². The minimum atomic E-state index is -0.226. The molecule has 1 heterocycles. The molecular formula is C22H27N3O2S. The Morgan fingerprint density at radius 1 is 1.18 bits per heavy atom. The Morgan fingerprint density at radius 3 is 2.54 bits per heavy atom. The van der Waals surface area contributed by atoms with Crippen molar-refractivity contribution in [2.24, 2.45) is 4.99 Å². The topological polar surface area (TPSA) is 46.8 Å². The van der Waals surface area contributed by atoms with Crippen LogP contribution in [-0.4, -0.2) is 37.8 Å². The maximum absolute atomic E-state index is 12.8. The summed E-state index contributed by atoms with van der Waals surface area (Å²) >= 11 is 1.55. The van der Waals surface area contributed by atoms with Gasteiger partial charge in [-0.25, -0.2) is 0 Å². The second-order valence-corrected chi connectivity index (χ2v) is 8.03. The number of aromatic nitrogens is 1. The molecule has 3 aromatic rings. The van der Waals surface area contributed by atoms with Crippen molar-refractivity contribution in [3.63, 3.8) is 0 Å². The maximum Gasteiger partial charge on any atom is 0.279 e. The van der Waals surface area contributed by atoms with E-state index >= 15 is 0 Å². The number of aryl methyl sites for hydroxylation is 2. The molecule has 0 unspecified atom stereocenters. The van der Waals surface area contributed by atoms with Crippen LogP contribution in [0.1, 0.15) is 28.4 Å². The van der Waals surface area contributed by atoms with Crippen LogP contribution >= 0.6 is 11.3 Å². The monoisotopic (exact) mass is 397 g/mol. The number of benzene rings is 2. The van der Waals surface area contributed by atoms with Crippen molar-refractivity contribution < 1.29 is 9.53 Å². The van der Waals surface area contributed by atoms with Gasteiger partial charge in [-0.1, -0.05) is 17.4 Å². The van der Waals surface area contributed by atoms with Gasteiger partial charge < -0.3 is 14.2 Å². The molecule has 0 bridgehead atoms. The zero-order valence-corrected chi connectivity index (χ0v) is 18.0. The molecule has 6 heteroatoms. The predicted molar refractivity (Wildman–Crippen MR) is 116 cm³/mol. The predicted octanol–water partition coefficient (Wildman–Crippen LogP) is 4.16. The Hall–Kier alpha value is -2.44. The summed E-state index contributed by atoms with van der Waals surface area (Å²) in [6.07, 6.45) is 0. The van der Waals surface area contributed by atoms with Crippen molar-refractivity contribution in [3.8, 4) is 0 Å². The summed E-state index contributed by atoms with van der Waals surface area (Å²) in [5.41, 5.74) is 5.17. The van der Waals surface area contributed by atoms with Gasteiger partial charge in [-0.3, -0.25) is 4.79 Å². The minimum absolute atomic E-state index is 0.226. The van der Waals surface area contributed by atoms with Crippen molar-refractivity contribution in [1.29, 1.82) is 0 Å². The molecule has 0 spiro atoms. The van der Waals surface area contributed by atoms with Crippen LogP contribution in [0.25, 0.3) is 10.2 Å². The molecule has 1 amide bonds. The van der Waals surface area contributed by atoms with Gasteiger partial charge in [0.25, 0.3) is 5.91 Å². The Morgan fingerprint density at radius 2 is 1.89 bits per heavy atom. The first-order valence-corrected chi connectivity index (χ1v) is 10.3. The molecule has 0 aliphatic rings. The van der Waals surface area contributed by atoms with Crippen LogP contribution in [0.2, 0.25) is 0 Å². The van der Waals surface area contributed by atoms with Crippen LogP contribution in [0, 0.1) is 13.8 Å². The number of carbonyl (C=O) groups excluding carboxylic acids is 1. The molecule has 0 N–H and O–H groups in total. The van der Waals surface area contributed by atoms with Gasteiger partial charge in [0.1, 0.15) is 0 Å². The number of ether oxygens (including phenoxy) is 1. The molecule has 1 aromatic heterocycles. The maximum atomic E-state index is 12.8. The molecule has 5 nitrogen and oxygen atoms in total. The van der Waals surface area contributed by atoms with Crippen LogP contribution in [-0.2, 0) is 11.3 Å². The van der Waals surface area contributed by atoms with Gasteiger partial charge in [0.2, 0.25) is 0 Å². The van der Waals surface area contributed by atoms with Crippen molar-refractivity contribution in [2.75, 3.05) is 32.2 Å². The zero-order valence-electron chi connectivity index (χ0n) is 17.2. The van der Waals surface area contributed by atoms with E-state index in [1.165, 1.54) is 11.1 Å². The Labute approximate surface area is 169 Å². The number of fused-ring (bicyclic) bond motifs is 1. The third-order valence-corrected chi connectivity index (χ3v) is 5.63. The average molecular weight is 398 g/mol. The summed E-state index contributed by atoms with van der Waals surface area (Å²) in [4.78, 5) is 20.0. The highest BCUT2D eigenvalue weighted by Gasteiger charge is 2.12. The Balaban J connectivity index is 2.05. The average Bonchev–Trinajstić information content (AvgIpc) is 2.99. The highest BCUT2D eigenvalue weighted by atomic mass is 32.1. The van der Waals surface area contributed by atoms with E-state index in [1.54, 1.807) is 11.3 Å². The van der Waals surface area contributed by atoms with Gasteiger partial charge in [0.05, 0.1) is 16.8 Å². The van der Waals surface area contributed by atoms with E-state index in [2.05, 4.69) is 35.5 Å². The van der Waals surface area contributed by atoms with Gasteiger partial charge >= 0.3 is 0 Å². The number of anilines is 1. The molecule has 28 heavy (non-hydrogen) atoms. The van der Waals surface area contributed by atoms with Crippen LogP contribution in [0.15, 0.2) is 41.4 Å². The van der Waals surface area contributed by atoms with Gasteiger partial charge in [0, 0.05) is 38.5 Å². The first-order valence-electron chi connectivity index (χ1n) is 9.45. The molecule has 148 valence electrons. The van der Waals surface area contributed by atoms with Crippen molar-refractivity contribution in [2.45, 2.75) is 27.3 Å². The standard InChI is InChI=1S/C22H27N3O2S/c1-6-27-12-11-25-20-16(3)13-15(2)14-19(20)28-22(25)23-21(26)17-7-9-18(10-8-17)24(4)5/h7-10,13-14H,6,11-12H2,1-5H3. The second kappa shape index (κ2) is 8.71. The SMILES string of the molecule is CCOCCn1c(=NC(=O)c2ccc(N(C)C)cc2)sc2cc(C)cc(C)c21. The Kier molecular flexibility index (Phi) is 6.31. The molecule has 2 aromatic carbocycles. The first-order chi connectivity index (χ1) is 13.4. The lowest BCUT2D eigenvalue weighted by Gasteiger charge is -2.11. The lowest BCUT2D eigenvalue weighted by Crippen LogP contribution is -2.20. The number of rotatable bonds is 6. The molecule has 0 aliphatic carbocycles. The molecule has 0 saturated carbocycles. The summed E-state index contributed by atoms with van der Waals surface area (Å²) in [6.45, 7) is 8.11. The molecule has 0 saturated heterocycles. The molecule has 0 atom stereocenters. The molecular weight excluding hydrogens is 370 g/mol. The van der Waals surface area contributed by atoms with E-state index in [1.807, 2.05) is 50.2 Å². The normalized spacial score (nSPS) is 12.0. The zero-order chi connectivity index (χ0) is 20.3. The number of thiazole rings is 1. The molecule has 0 fully saturated rings. The highest BCUT2D eigenvalue weighted by molar-refractivity contribution is 7.16. The Bertz CT molecular complexity index is 1050. The smallest absolute Gasteiger partial charge is 0.279 e. The number of hydrogen-bond donors (Lipinski definition) is 0. The van der Waals surface area contributed by atoms with Gasteiger partial charge in [-0.05, 0) is 62.2 Å². The van der Waals surface area contributed by atoms with Gasteiger partial charge in [-0.2, -0.15) is 4.99 Å². The van der Waals surface area contributed by atoms with E-state index in [4.69, 9.17) is 4.74 Å².